The molecule has 0 radical (unpaired) electrons. The van der Waals surface area contributed by atoms with Crippen LogP contribution in [0.4, 0.5) is 17.1 Å². The summed E-state index contributed by atoms with van der Waals surface area (Å²) in [6, 6.07) is 42.9. The quantitative estimate of drug-likeness (QED) is 0.190. The predicted molar refractivity (Wildman–Crippen MR) is 201 cm³/mol. The topological polar surface area (TPSA) is 21.7 Å². The molecule has 0 amide bonds. The van der Waals surface area contributed by atoms with Crippen LogP contribution >= 0.6 is 0 Å². The van der Waals surface area contributed by atoms with Gasteiger partial charge >= 0.3 is 0 Å². The molecule has 0 N–H and O–H groups in total. The van der Waals surface area contributed by atoms with Crippen molar-refractivity contribution >= 4 is 17.1 Å². The van der Waals surface area contributed by atoms with E-state index in [4.69, 9.17) is 9.47 Å². The Morgan fingerprint density at radius 2 is 0.878 bits per heavy atom. The highest BCUT2D eigenvalue weighted by molar-refractivity contribution is 5.91. The average molecular weight is 646 g/mol. The van der Waals surface area contributed by atoms with Gasteiger partial charge in [0.1, 0.15) is 0 Å². The Bertz CT molecular complexity index is 1990. The van der Waals surface area contributed by atoms with Gasteiger partial charge in [-0.25, -0.2) is 0 Å². The zero-order chi connectivity index (χ0) is 33.4. The van der Waals surface area contributed by atoms with Crippen molar-refractivity contribution in [2.45, 2.75) is 101 Å². The minimum absolute atomic E-state index is 0.119. The Hall–Kier alpha value is -4.18. The second-order valence-corrected chi connectivity index (χ2v) is 15.9. The first-order valence-corrected chi connectivity index (χ1v) is 18.4. The number of hydrogen-bond donors (Lipinski definition) is 0. The molecular formula is C46H47NO2. The molecular weight excluding hydrogens is 599 g/mol. The van der Waals surface area contributed by atoms with E-state index in [0.717, 1.165) is 42.7 Å². The van der Waals surface area contributed by atoms with Gasteiger partial charge in [-0.2, -0.15) is 0 Å². The molecule has 2 spiro atoms. The maximum atomic E-state index is 6.92. The zero-order valence-corrected chi connectivity index (χ0v) is 29.4. The van der Waals surface area contributed by atoms with E-state index in [2.05, 4.69) is 148 Å². The smallest absolute Gasteiger partial charge is 0.0946 e. The van der Waals surface area contributed by atoms with Gasteiger partial charge in [0.15, 0.2) is 0 Å². The van der Waals surface area contributed by atoms with Crippen LogP contribution in [0.2, 0.25) is 0 Å². The fourth-order valence-electron chi connectivity index (χ4n) is 9.78. The van der Waals surface area contributed by atoms with Crippen molar-refractivity contribution < 1.29 is 9.47 Å². The molecule has 0 unspecified atom stereocenters. The van der Waals surface area contributed by atoms with E-state index in [1.807, 2.05) is 0 Å². The van der Waals surface area contributed by atoms with Crippen molar-refractivity contribution in [2.24, 2.45) is 0 Å². The molecule has 2 heterocycles. The summed E-state index contributed by atoms with van der Waals surface area (Å²) in [6.45, 7) is 9.00. The zero-order valence-electron chi connectivity index (χ0n) is 29.4. The highest BCUT2D eigenvalue weighted by Crippen LogP contribution is 2.57. The molecule has 0 atom stereocenters. The number of hydrogen-bond acceptors (Lipinski definition) is 3. The standard InChI is InChI=1S/C46H47NO2/c1-43(2)40-29-32(20-23-38(40)45(48-43)25-11-12-26-45)33-19-22-37(34-21-24-39-41(30-34)44(3,4)49-46(39)27-13-14-28-46)42(31-33)47(35-15-7-5-8-16-35)36-17-9-6-10-18-36/h5-10,15-24,29-31H,11-14,25-28H2,1-4H3. The number of rotatable bonds is 5. The predicted octanol–water partition coefficient (Wildman–Crippen LogP) is 12.6. The fraction of sp³-hybridized carbons (Fsp3) is 0.348. The number of fused-ring (bicyclic) bond motifs is 4. The molecule has 49 heavy (non-hydrogen) atoms. The van der Waals surface area contributed by atoms with Gasteiger partial charge in [-0.1, -0.05) is 98.5 Å². The molecule has 5 aromatic carbocycles. The third-order valence-corrected chi connectivity index (χ3v) is 12.0. The molecule has 4 aliphatic rings. The molecule has 9 rings (SSSR count). The summed E-state index contributed by atoms with van der Waals surface area (Å²) < 4.78 is 13.8. The lowest BCUT2D eigenvalue weighted by molar-refractivity contribution is -0.122. The maximum Gasteiger partial charge on any atom is 0.0946 e. The van der Waals surface area contributed by atoms with E-state index in [9.17, 15) is 0 Å². The molecule has 2 saturated carbocycles. The first-order chi connectivity index (χ1) is 23.7. The van der Waals surface area contributed by atoms with Crippen molar-refractivity contribution in [1.29, 1.82) is 0 Å². The number of nitrogens with zero attached hydrogens (tertiary/aromatic N) is 1. The molecule has 3 nitrogen and oxygen atoms in total. The van der Waals surface area contributed by atoms with Crippen LogP contribution in [-0.4, -0.2) is 0 Å². The minimum atomic E-state index is -0.329. The minimum Gasteiger partial charge on any atom is -0.360 e. The van der Waals surface area contributed by atoms with Crippen molar-refractivity contribution in [2.75, 3.05) is 4.90 Å². The average Bonchev–Trinajstić information content (AvgIpc) is 3.88. The third kappa shape index (κ3) is 4.92. The second kappa shape index (κ2) is 11.2. The van der Waals surface area contributed by atoms with E-state index < -0.39 is 0 Å². The first kappa shape index (κ1) is 30.8. The molecule has 0 aromatic heterocycles. The van der Waals surface area contributed by atoms with Gasteiger partial charge in [0, 0.05) is 16.9 Å². The number of para-hydroxylation sites is 2. The van der Waals surface area contributed by atoms with Gasteiger partial charge in [0.05, 0.1) is 28.1 Å². The molecule has 2 aliphatic carbocycles. The van der Waals surface area contributed by atoms with Gasteiger partial charge < -0.3 is 14.4 Å². The van der Waals surface area contributed by atoms with Crippen molar-refractivity contribution in [3.63, 3.8) is 0 Å². The van der Waals surface area contributed by atoms with Gasteiger partial charge in [-0.15, -0.1) is 0 Å². The molecule has 2 fully saturated rings. The molecule has 0 bridgehead atoms. The summed E-state index contributed by atoms with van der Waals surface area (Å²) in [6.07, 6.45) is 9.42. The van der Waals surface area contributed by atoms with Crippen LogP contribution in [0.15, 0.2) is 115 Å². The third-order valence-electron chi connectivity index (χ3n) is 12.0. The molecule has 248 valence electrons. The Kier molecular flexibility index (Phi) is 7.03. The van der Waals surface area contributed by atoms with Crippen LogP contribution in [0, 0.1) is 0 Å². The Morgan fingerprint density at radius 3 is 1.39 bits per heavy atom. The molecule has 5 aromatic rings. The van der Waals surface area contributed by atoms with Crippen LogP contribution in [-0.2, 0) is 31.9 Å². The van der Waals surface area contributed by atoms with Crippen LogP contribution in [0.25, 0.3) is 22.3 Å². The van der Waals surface area contributed by atoms with Gasteiger partial charge in [0.25, 0.3) is 0 Å². The molecule has 2 aliphatic heterocycles. The summed E-state index contributed by atoms with van der Waals surface area (Å²) in [7, 11) is 0. The molecule has 0 saturated heterocycles. The van der Waals surface area contributed by atoms with E-state index in [1.54, 1.807) is 0 Å². The summed E-state index contributed by atoms with van der Waals surface area (Å²) in [4.78, 5) is 2.42. The fourth-order valence-corrected chi connectivity index (χ4v) is 9.78. The number of benzene rings is 5. The highest BCUT2D eigenvalue weighted by Gasteiger charge is 2.51. The van der Waals surface area contributed by atoms with Gasteiger partial charge in [-0.3, -0.25) is 0 Å². The number of ether oxygens (including phenoxy) is 2. The van der Waals surface area contributed by atoms with Crippen molar-refractivity contribution in [3.8, 4) is 22.3 Å². The van der Waals surface area contributed by atoms with Crippen LogP contribution < -0.4 is 4.90 Å². The lowest BCUT2D eigenvalue weighted by Gasteiger charge is -2.29. The summed E-state index contributed by atoms with van der Waals surface area (Å²) in [5.74, 6) is 0. The summed E-state index contributed by atoms with van der Waals surface area (Å²) >= 11 is 0. The van der Waals surface area contributed by atoms with E-state index in [-0.39, 0.29) is 22.4 Å². The van der Waals surface area contributed by atoms with E-state index in [1.165, 1.54) is 70.2 Å². The lowest BCUT2D eigenvalue weighted by atomic mass is 9.84. The van der Waals surface area contributed by atoms with Crippen LogP contribution in [0.3, 0.4) is 0 Å². The van der Waals surface area contributed by atoms with Crippen molar-refractivity contribution in [3.05, 3.63) is 138 Å². The van der Waals surface area contributed by atoms with E-state index >= 15 is 0 Å². The monoisotopic (exact) mass is 645 g/mol. The normalized spacial score (nSPS) is 20.5. The largest absolute Gasteiger partial charge is 0.360 e. The van der Waals surface area contributed by atoms with E-state index in [0.29, 0.717) is 0 Å². The Balaban J connectivity index is 1.23. The molecule has 3 heteroatoms. The Labute approximate surface area is 291 Å². The van der Waals surface area contributed by atoms with Gasteiger partial charge in [-0.05, 0) is 135 Å². The lowest BCUT2D eigenvalue weighted by Crippen LogP contribution is -2.25. The second-order valence-electron chi connectivity index (χ2n) is 15.9. The van der Waals surface area contributed by atoms with Gasteiger partial charge in [0.2, 0.25) is 0 Å². The summed E-state index contributed by atoms with van der Waals surface area (Å²) in [5.41, 5.74) is 12.8. The highest BCUT2D eigenvalue weighted by atomic mass is 16.5. The van der Waals surface area contributed by atoms with Crippen LogP contribution in [0.5, 0.6) is 0 Å². The van der Waals surface area contributed by atoms with Crippen LogP contribution in [0.1, 0.15) is 101 Å². The van der Waals surface area contributed by atoms with Crippen molar-refractivity contribution in [1.82, 2.24) is 0 Å². The summed E-state index contributed by atoms with van der Waals surface area (Å²) in [5, 5.41) is 0. The first-order valence-electron chi connectivity index (χ1n) is 18.4. The Morgan fingerprint density at radius 1 is 0.449 bits per heavy atom. The SMILES string of the molecule is CC1(C)OC2(CCCC2)c2ccc(-c3ccc(-c4ccc5c(c4)C(C)(C)OC54CCCC4)c(N(c4ccccc4)c4ccccc4)c3)cc21. The number of anilines is 3. The maximum absolute atomic E-state index is 6.92.